The molecule has 0 aliphatic heterocycles. The topological polar surface area (TPSA) is 168 Å². The molecule has 3 aromatic rings. The second-order valence-electron chi connectivity index (χ2n) is 8.19. The van der Waals surface area contributed by atoms with E-state index < -0.39 is 29.6 Å². The molecule has 0 unspecified atom stereocenters. The van der Waals surface area contributed by atoms with E-state index >= 15 is 0 Å². The summed E-state index contributed by atoms with van der Waals surface area (Å²) in [4.78, 5) is 59.9. The predicted molar refractivity (Wildman–Crippen MR) is 142 cm³/mol. The Labute approximate surface area is 223 Å². The number of esters is 1. The van der Waals surface area contributed by atoms with E-state index in [1.165, 1.54) is 36.5 Å². The highest BCUT2D eigenvalue weighted by atomic mass is 16.5. The van der Waals surface area contributed by atoms with Gasteiger partial charge in [0.25, 0.3) is 0 Å². The summed E-state index contributed by atoms with van der Waals surface area (Å²) < 4.78 is 10.3. The van der Waals surface area contributed by atoms with E-state index in [0.29, 0.717) is 22.7 Å². The lowest BCUT2D eigenvalue weighted by atomic mass is 10.1. The molecule has 0 bridgehead atoms. The highest BCUT2D eigenvalue weighted by Crippen LogP contribution is 2.14. The third kappa shape index (κ3) is 8.39. The highest BCUT2D eigenvalue weighted by Gasteiger charge is 2.16. The fraction of sp³-hybridized carbons (Fsp3) is 0.185. The molecule has 3 rings (SSSR count). The van der Waals surface area contributed by atoms with Gasteiger partial charge in [-0.15, -0.1) is 0 Å². The number of carbonyl (C=O) groups is 5. The third-order valence-electron chi connectivity index (χ3n) is 5.29. The van der Waals surface area contributed by atoms with Crippen molar-refractivity contribution >= 4 is 47.2 Å². The SMILES string of the molecule is CCOC(=O)c1ccc(NC(=O)C(=O)NCc2ccc(/C=N/NC(=O)C(=O)Nc3ccc(C)c(C)c3)o2)cc1. The van der Waals surface area contributed by atoms with Crippen molar-refractivity contribution in [1.29, 1.82) is 0 Å². The van der Waals surface area contributed by atoms with Gasteiger partial charge in [-0.05, 0) is 80.4 Å². The molecule has 4 amide bonds. The van der Waals surface area contributed by atoms with Gasteiger partial charge in [0.2, 0.25) is 0 Å². The number of anilines is 2. The van der Waals surface area contributed by atoms with E-state index in [-0.39, 0.29) is 18.9 Å². The molecule has 12 heteroatoms. The Morgan fingerprint density at radius 3 is 2.18 bits per heavy atom. The van der Waals surface area contributed by atoms with Crippen LogP contribution in [0.5, 0.6) is 0 Å². The quantitative estimate of drug-likeness (QED) is 0.149. The molecule has 202 valence electrons. The zero-order valence-electron chi connectivity index (χ0n) is 21.5. The Morgan fingerprint density at radius 1 is 0.821 bits per heavy atom. The number of hydrogen-bond donors (Lipinski definition) is 4. The molecular weight excluding hydrogens is 506 g/mol. The van der Waals surface area contributed by atoms with Gasteiger partial charge in [-0.1, -0.05) is 6.07 Å². The maximum absolute atomic E-state index is 12.1. The van der Waals surface area contributed by atoms with Gasteiger partial charge in [0.15, 0.2) is 0 Å². The number of hydrazone groups is 1. The molecule has 0 saturated carbocycles. The average molecular weight is 534 g/mol. The van der Waals surface area contributed by atoms with Crippen molar-refractivity contribution in [2.75, 3.05) is 17.2 Å². The molecule has 0 spiro atoms. The summed E-state index contributed by atoms with van der Waals surface area (Å²) >= 11 is 0. The van der Waals surface area contributed by atoms with E-state index in [1.807, 2.05) is 19.9 Å². The first-order valence-electron chi connectivity index (χ1n) is 11.8. The van der Waals surface area contributed by atoms with Gasteiger partial charge in [-0.3, -0.25) is 19.2 Å². The fourth-order valence-electron chi connectivity index (χ4n) is 3.11. The van der Waals surface area contributed by atoms with Crippen molar-refractivity contribution in [2.24, 2.45) is 5.10 Å². The minimum Gasteiger partial charge on any atom is -0.462 e. The molecule has 2 aromatic carbocycles. The molecular formula is C27H27N5O7. The summed E-state index contributed by atoms with van der Waals surface area (Å²) in [7, 11) is 0. The lowest BCUT2D eigenvalue weighted by Crippen LogP contribution is -2.34. The van der Waals surface area contributed by atoms with Crippen molar-refractivity contribution in [3.63, 3.8) is 0 Å². The number of benzene rings is 2. The summed E-state index contributed by atoms with van der Waals surface area (Å²) in [5.74, 6) is -3.60. The number of amides is 4. The number of carbonyl (C=O) groups excluding carboxylic acids is 5. The standard InChI is InChI=1S/C27H27N5O7/c1-4-38-27(37)18-6-9-19(10-7-18)30-24(34)23(33)28-14-21-11-12-22(39-21)15-29-32-26(36)25(35)31-20-8-5-16(2)17(3)13-20/h5-13,15H,4,14H2,1-3H3,(H,28,33)(H,30,34)(H,31,35)(H,32,36)/b29-15+. The molecule has 0 fully saturated rings. The van der Waals surface area contributed by atoms with Crippen LogP contribution in [0.4, 0.5) is 11.4 Å². The van der Waals surface area contributed by atoms with Gasteiger partial charge in [-0.25, -0.2) is 10.2 Å². The van der Waals surface area contributed by atoms with Crippen molar-refractivity contribution in [2.45, 2.75) is 27.3 Å². The smallest absolute Gasteiger partial charge is 0.338 e. The maximum atomic E-state index is 12.1. The number of nitrogens with zero attached hydrogens (tertiary/aromatic N) is 1. The molecule has 1 aromatic heterocycles. The number of rotatable bonds is 8. The van der Waals surface area contributed by atoms with E-state index in [4.69, 9.17) is 9.15 Å². The Hall–Kier alpha value is -5.26. The maximum Gasteiger partial charge on any atom is 0.338 e. The van der Waals surface area contributed by atoms with Crippen LogP contribution in [0, 0.1) is 13.8 Å². The van der Waals surface area contributed by atoms with E-state index in [2.05, 4.69) is 26.5 Å². The monoisotopic (exact) mass is 533 g/mol. The van der Waals surface area contributed by atoms with Crippen molar-refractivity contribution in [1.82, 2.24) is 10.7 Å². The second-order valence-corrected chi connectivity index (χ2v) is 8.19. The predicted octanol–water partition coefficient (Wildman–Crippen LogP) is 2.42. The van der Waals surface area contributed by atoms with Gasteiger partial charge in [0.1, 0.15) is 11.5 Å². The zero-order chi connectivity index (χ0) is 28.4. The summed E-state index contributed by atoms with van der Waals surface area (Å²) in [5, 5.41) is 11.0. The van der Waals surface area contributed by atoms with Gasteiger partial charge in [0, 0.05) is 11.4 Å². The minimum atomic E-state index is -0.968. The molecule has 0 radical (unpaired) electrons. The highest BCUT2D eigenvalue weighted by molar-refractivity contribution is 6.40. The summed E-state index contributed by atoms with van der Waals surface area (Å²) in [6.07, 6.45) is 1.18. The molecule has 39 heavy (non-hydrogen) atoms. The Balaban J connectivity index is 1.42. The number of hydrogen-bond acceptors (Lipinski definition) is 8. The van der Waals surface area contributed by atoms with Gasteiger partial charge < -0.3 is 25.1 Å². The molecule has 0 atom stereocenters. The van der Waals surface area contributed by atoms with Gasteiger partial charge in [-0.2, -0.15) is 5.10 Å². The van der Waals surface area contributed by atoms with Crippen LogP contribution in [0.15, 0.2) is 64.1 Å². The van der Waals surface area contributed by atoms with Crippen LogP contribution < -0.4 is 21.4 Å². The van der Waals surface area contributed by atoms with E-state index in [0.717, 1.165) is 11.1 Å². The van der Waals surface area contributed by atoms with Gasteiger partial charge in [0.05, 0.1) is 24.9 Å². The summed E-state index contributed by atoms with van der Waals surface area (Å²) in [5.41, 5.74) is 5.26. The average Bonchev–Trinajstić information content (AvgIpc) is 3.37. The number of furan rings is 1. The third-order valence-corrected chi connectivity index (χ3v) is 5.29. The van der Waals surface area contributed by atoms with E-state index in [1.54, 1.807) is 25.1 Å². The lowest BCUT2D eigenvalue weighted by molar-refractivity contribution is -0.136. The molecule has 12 nitrogen and oxygen atoms in total. The van der Waals surface area contributed by atoms with Gasteiger partial charge >= 0.3 is 29.6 Å². The summed E-state index contributed by atoms with van der Waals surface area (Å²) in [6.45, 7) is 5.67. The normalized spacial score (nSPS) is 10.5. The van der Waals surface area contributed by atoms with Crippen molar-refractivity contribution < 1.29 is 33.1 Å². The van der Waals surface area contributed by atoms with Crippen LogP contribution in [0.25, 0.3) is 0 Å². The number of ether oxygens (including phenoxy) is 1. The largest absolute Gasteiger partial charge is 0.462 e. The number of nitrogens with one attached hydrogen (secondary N) is 4. The molecule has 0 saturated heterocycles. The first-order valence-corrected chi connectivity index (χ1v) is 11.8. The van der Waals surface area contributed by atoms with Crippen LogP contribution in [0.1, 0.15) is 39.9 Å². The van der Waals surface area contributed by atoms with Crippen LogP contribution in [0.2, 0.25) is 0 Å². The molecule has 0 aliphatic rings. The number of aryl methyl sites for hydroxylation is 2. The van der Waals surface area contributed by atoms with Crippen LogP contribution in [0.3, 0.4) is 0 Å². The molecule has 0 aliphatic carbocycles. The fourth-order valence-corrected chi connectivity index (χ4v) is 3.11. The van der Waals surface area contributed by atoms with E-state index in [9.17, 15) is 24.0 Å². The first kappa shape index (κ1) is 28.3. The zero-order valence-corrected chi connectivity index (χ0v) is 21.5. The Kier molecular flexibility index (Phi) is 9.68. The summed E-state index contributed by atoms with van der Waals surface area (Å²) in [6, 6.07) is 14.2. The Bertz CT molecular complexity index is 1410. The first-order chi connectivity index (χ1) is 18.7. The Morgan fingerprint density at radius 2 is 1.49 bits per heavy atom. The van der Waals surface area contributed by atoms with Crippen LogP contribution in [-0.2, 0) is 30.5 Å². The van der Waals surface area contributed by atoms with Crippen LogP contribution in [-0.4, -0.2) is 42.4 Å². The van der Waals surface area contributed by atoms with Crippen molar-refractivity contribution in [3.05, 3.63) is 82.8 Å². The van der Waals surface area contributed by atoms with Crippen molar-refractivity contribution in [3.8, 4) is 0 Å². The van der Waals surface area contributed by atoms with Crippen LogP contribution >= 0.6 is 0 Å². The molecule has 4 N–H and O–H groups in total. The lowest BCUT2D eigenvalue weighted by Gasteiger charge is -2.07. The molecule has 1 heterocycles. The minimum absolute atomic E-state index is 0.0907. The second kappa shape index (κ2) is 13.3.